The summed E-state index contributed by atoms with van der Waals surface area (Å²) in [5, 5.41) is 0. The summed E-state index contributed by atoms with van der Waals surface area (Å²) in [7, 11) is 0. The smallest absolute Gasteiger partial charge is 0.250 e. The quantitative estimate of drug-likeness (QED) is 0.605. The van der Waals surface area contributed by atoms with E-state index in [2.05, 4.69) is 52.3 Å². The molecule has 2 aliphatic rings. The zero-order valence-electron chi connectivity index (χ0n) is 18.2. The summed E-state index contributed by atoms with van der Waals surface area (Å²) in [5.41, 5.74) is 9.96. The Morgan fingerprint density at radius 2 is 1.81 bits per heavy atom. The summed E-state index contributed by atoms with van der Waals surface area (Å²) >= 11 is 0. The molecule has 0 radical (unpaired) electrons. The molecule has 1 atom stereocenters. The van der Waals surface area contributed by atoms with E-state index in [0.717, 1.165) is 25.3 Å². The number of primary amides is 1. The van der Waals surface area contributed by atoms with Crippen LogP contribution in [0, 0.1) is 0 Å². The number of likely N-dealkylation sites (tertiary alicyclic amines) is 1. The molecule has 32 heavy (non-hydrogen) atoms. The Kier molecular flexibility index (Phi) is 5.91. The molecule has 0 bridgehead atoms. The van der Waals surface area contributed by atoms with Crippen LogP contribution in [0.3, 0.4) is 0 Å². The molecule has 5 rings (SSSR count). The van der Waals surface area contributed by atoms with Gasteiger partial charge in [0.15, 0.2) is 0 Å². The molecule has 164 valence electrons. The van der Waals surface area contributed by atoms with Crippen LogP contribution in [-0.4, -0.2) is 28.9 Å². The van der Waals surface area contributed by atoms with Gasteiger partial charge in [0.25, 0.3) is 0 Å². The first-order valence-electron chi connectivity index (χ1n) is 11.5. The van der Waals surface area contributed by atoms with Crippen LogP contribution in [0.5, 0.6) is 11.6 Å². The molecule has 1 aliphatic carbocycles. The molecule has 1 fully saturated rings. The normalized spacial score (nSPS) is 19.3. The van der Waals surface area contributed by atoms with Gasteiger partial charge in [0.2, 0.25) is 11.8 Å². The van der Waals surface area contributed by atoms with Crippen molar-refractivity contribution in [2.75, 3.05) is 13.1 Å². The number of amides is 1. The number of aryl methyl sites for hydroxylation is 1. The van der Waals surface area contributed by atoms with Crippen LogP contribution in [0.2, 0.25) is 0 Å². The van der Waals surface area contributed by atoms with Crippen molar-refractivity contribution in [2.24, 2.45) is 5.73 Å². The highest BCUT2D eigenvalue weighted by molar-refractivity contribution is 5.92. The Bertz CT molecular complexity index is 1070. The van der Waals surface area contributed by atoms with Crippen molar-refractivity contribution >= 4 is 5.91 Å². The topological polar surface area (TPSA) is 68.5 Å². The average molecular weight is 428 g/mol. The van der Waals surface area contributed by atoms with Gasteiger partial charge < -0.3 is 10.5 Å². The molecule has 0 saturated carbocycles. The zero-order valence-corrected chi connectivity index (χ0v) is 18.2. The molecule has 1 saturated heterocycles. The Morgan fingerprint density at radius 1 is 1.00 bits per heavy atom. The molecule has 2 aromatic carbocycles. The molecule has 2 N–H and O–H groups in total. The maximum absolute atomic E-state index is 11.2. The van der Waals surface area contributed by atoms with Gasteiger partial charge in [-0.3, -0.25) is 9.69 Å². The van der Waals surface area contributed by atoms with Crippen LogP contribution >= 0.6 is 0 Å². The molecule has 0 spiro atoms. The van der Waals surface area contributed by atoms with E-state index < -0.39 is 5.91 Å². The van der Waals surface area contributed by atoms with Crippen molar-refractivity contribution in [1.29, 1.82) is 0 Å². The first kappa shape index (κ1) is 20.7. The molecular weight excluding hydrogens is 398 g/mol. The van der Waals surface area contributed by atoms with Gasteiger partial charge in [-0.2, -0.15) is 0 Å². The van der Waals surface area contributed by atoms with Gasteiger partial charge in [-0.1, -0.05) is 36.4 Å². The number of benzene rings is 2. The fourth-order valence-electron chi connectivity index (χ4n) is 5.18. The largest absolute Gasteiger partial charge is 0.439 e. The maximum Gasteiger partial charge on any atom is 0.250 e. The molecule has 3 aromatic rings. The second-order valence-corrected chi connectivity index (χ2v) is 8.84. The summed E-state index contributed by atoms with van der Waals surface area (Å²) in [5.74, 6) is 1.44. The minimum Gasteiger partial charge on any atom is -0.439 e. The molecule has 1 aromatic heterocycles. The van der Waals surface area contributed by atoms with E-state index in [1.807, 2.05) is 6.07 Å². The highest BCUT2D eigenvalue weighted by Gasteiger charge is 2.30. The minimum atomic E-state index is -0.489. The molecule has 2 heterocycles. The third-order valence-electron chi connectivity index (χ3n) is 6.88. The summed E-state index contributed by atoms with van der Waals surface area (Å²) in [6.45, 7) is 2.30. The van der Waals surface area contributed by atoms with E-state index in [1.165, 1.54) is 48.6 Å². The van der Waals surface area contributed by atoms with Crippen LogP contribution in [-0.2, 0) is 6.42 Å². The van der Waals surface area contributed by atoms with E-state index in [0.29, 0.717) is 23.4 Å². The van der Waals surface area contributed by atoms with Crippen molar-refractivity contribution in [3.63, 3.8) is 0 Å². The van der Waals surface area contributed by atoms with Crippen LogP contribution in [0.1, 0.15) is 64.7 Å². The summed E-state index contributed by atoms with van der Waals surface area (Å²) in [6.07, 6.45) is 7.40. The van der Waals surface area contributed by atoms with Crippen molar-refractivity contribution in [1.82, 2.24) is 9.88 Å². The molecule has 1 unspecified atom stereocenters. The number of hydrogen-bond donors (Lipinski definition) is 1. The number of aromatic nitrogens is 1. The van der Waals surface area contributed by atoms with Crippen LogP contribution in [0.25, 0.3) is 0 Å². The average Bonchev–Trinajstić information content (AvgIpc) is 2.84. The van der Waals surface area contributed by atoms with E-state index in [4.69, 9.17) is 10.5 Å². The number of hydrogen-bond acceptors (Lipinski definition) is 4. The lowest BCUT2D eigenvalue weighted by atomic mass is 9.83. The van der Waals surface area contributed by atoms with Gasteiger partial charge >= 0.3 is 0 Å². The van der Waals surface area contributed by atoms with E-state index in [-0.39, 0.29) is 0 Å². The lowest BCUT2D eigenvalue weighted by Crippen LogP contribution is -2.37. The fourth-order valence-corrected chi connectivity index (χ4v) is 5.18. The second-order valence-electron chi connectivity index (χ2n) is 8.84. The number of fused-ring (bicyclic) bond motifs is 1. The number of rotatable bonds is 5. The van der Waals surface area contributed by atoms with Crippen LogP contribution in [0.15, 0.2) is 66.9 Å². The highest BCUT2D eigenvalue weighted by atomic mass is 16.5. The molecule has 5 heteroatoms. The van der Waals surface area contributed by atoms with Gasteiger partial charge in [0.05, 0.1) is 5.56 Å². The Hall–Kier alpha value is -3.18. The predicted molar refractivity (Wildman–Crippen MR) is 125 cm³/mol. The number of carbonyl (C=O) groups is 1. The zero-order chi connectivity index (χ0) is 21.9. The van der Waals surface area contributed by atoms with Crippen LogP contribution in [0.4, 0.5) is 0 Å². The van der Waals surface area contributed by atoms with Crippen molar-refractivity contribution in [3.05, 3.63) is 89.1 Å². The highest BCUT2D eigenvalue weighted by Crippen LogP contribution is 2.39. The Morgan fingerprint density at radius 3 is 2.53 bits per heavy atom. The van der Waals surface area contributed by atoms with Gasteiger partial charge in [0.1, 0.15) is 5.75 Å². The van der Waals surface area contributed by atoms with E-state index in [9.17, 15) is 4.79 Å². The lowest BCUT2D eigenvalue weighted by Gasteiger charge is -2.40. The third kappa shape index (κ3) is 4.39. The molecule has 1 aliphatic heterocycles. The minimum absolute atomic E-state index is 0.377. The summed E-state index contributed by atoms with van der Waals surface area (Å²) in [4.78, 5) is 18.1. The Balaban J connectivity index is 1.27. The van der Waals surface area contributed by atoms with Gasteiger partial charge in [-0.15, -0.1) is 0 Å². The van der Waals surface area contributed by atoms with E-state index >= 15 is 0 Å². The third-order valence-corrected chi connectivity index (χ3v) is 6.88. The number of nitrogens with two attached hydrogens (primary N) is 1. The number of nitrogens with zero attached hydrogens (tertiary/aromatic N) is 2. The predicted octanol–water partition coefficient (Wildman–Crippen LogP) is 5.23. The maximum atomic E-state index is 11.2. The van der Waals surface area contributed by atoms with Crippen molar-refractivity contribution in [3.8, 4) is 11.6 Å². The first-order valence-corrected chi connectivity index (χ1v) is 11.5. The SMILES string of the molecule is NC(=O)c1ccc(Oc2ccc3c(c2)CCCC3N2CCC(c3ccccc3)CC2)nc1. The number of ether oxygens (including phenoxy) is 1. The van der Waals surface area contributed by atoms with Gasteiger partial charge in [-0.25, -0.2) is 4.98 Å². The van der Waals surface area contributed by atoms with Crippen molar-refractivity contribution < 1.29 is 9.53 Å². The monoisotopic (exact) mass is 427 g/mol. The first-order chi connectivity index (χ1) is 15.7. The van der Waals surface area contributed by atoms with Gasteiger partial charge in [0, 0.05) is 18.3 Å². The lowest BCUT2D eigenvalue weighted by molar-refractivity contribution is 0.1000. The van der Waals surface area contributed by atoms with Crippen LogP contribution < -0.4 is 10.5 Å². The molecular formula is C27H29N3O2. The Labute approximate surface area is 189 Å². The second kappa shape index (κ2) is 9.13. The summed E-state index contributed by atoms with van der Waals surface area (Å²) < 4.78 is 5.95. The molecule has 5 nitrogen and oxygen atoms in total. The number of piperidine rings is 1. The number of pyridine rings is 1. The van der Waals surface area contributed by atoms with Crippen molar-refractivity contribution in [2.45, 2.75) is 44.1 Å². The summed E-state index contributed by atoms with van der Waals surface area (Å²) in [6, 6.07) is 21.2. The molecule has 1 amide bonds. The van der Waals surface area contributed by atoms with Gasteiger partial charge in [-0.05, 0) is 86.0 Å². The van der Waals surface area contributed by atoms with E-state index in [1.54, 1.807) is 12.1 Å². The standard InChI is InChI=1S/C27H29N3O2/c28-27(31)22-9-12-26(29-18-22)32-23-10-11-24-21(17-23)7-4-8-25(24)30-15-13-20(14-16-30)19-5-2-1-3-6-19/h1-3,5-6,9-12,17-18,20,25H,4,7-8,13-16H2,(H2,28,31). The number of carbonyl (C=O) groups excluding carboxylic acids is 1. The fraction of sp³-hybridized carbons (Fsp3) is 0.333.